The third kappa shape index (κ3) is 6.14. The van der Waals surface area contributed by atoms with Crippen molar-refractivity contribution in [3.05, 3.63) is 96.9 Å². The summed E-state index contributed by atoms with van der Waals surface area (Å²) >= 11 is 16.1. The highest BCUT2D eigenvalue weighted by Crippen LogP contribution is 2.35. The Morgan fingerprint density at radius 1 is 1.09 bits per heavy atom. The van der Waals surface area contributed by atoms with Gasteiger partial charge in [-0.05, 0) is 66.9 Å². The normalized spacial score (nSPS) is 11.1. The summed E-state index contributed by atoms with van der Waals surface area (Å²) < 4.78 is 6.76. The van der Waals surface area contributed by atoms with Crippen LogP contribution in [0.2, 0.25) is 10.0 Å². The molecule has 0 aromatic heterocycles. The Labute approximate surface area is 205 Å². The first kappa shape index (κ1) is 23.9. The number of aryl methyl sites for hydroxylation is 2. The molecule has 3 aromatic carbocycles. The van der Waals surface area contributed by atoms with E-state index in [-0.39, 0.29) is 15.6 Å². The second kappa shape index (κ2) is 10.7. The van der Waals surface area contributed by atoms with Crippen LogP contribution in [-0.2, 0) is 11.4 Å². The van der Waals surface area contributed by atoms with E-state index in [0.29, 0.717) is 23.6 Å². The Hall–Kier alpha value is -2.78. The maximum absolute atomic E-state index is 12.6. The molecule has 1 N–H and O–H groups in total. The molecule has 0 atom stereocenters. The molecule has 1 amide bonds. The van der Waals surface area contributed by atoms with Crippen LogP contribution in [0.4, 0.5) is 5.69 Å². The summed E-state index contributed by atoms with van der Waals surface area (Å²) in [6, 6.07) is 18.5. The van der Waals surface area contributed by atoms with E-state index < -0.39 is 5.91 Å². The number of ether oxygens (including phenoxy) is 1. The number of anilines is 1. The molecule has 4 nitrogen and oxygen atoms in total. The van der Waals surface area contributed by atoms with Crippen LogP contribution >= 0.6 is 39.1 Å². The van der Waals surface area contributed by atoms with Crippen LogP contribution < -0.4 is 10.1 Å². The Kier molecular flexibility index (Phi) is 7.98. The molecule has 32 heavy (non-hydrogen) atoms. The van der Waals surface area contributed by atoms with Crippen molar-refractivity contribution < 1.29 is 9.53 Å². The van der Waals surface area contributed by atoms with Gasteiger partial charge in [-0.15, -0.1) is 0 Å². The van der Waals surface area contributed by atoms with Gasteiger partial charge in [0.05, 0.1) is 10.0 Å². The monoisotopic (exact) mass is 528 g/mol. The molecule has 0 unspecified atom stereocenters. The Morgan fingerprint density at radius 3 is 2.34 bits per heavy atom. The summed E-state index contributed by atoms with van der Waals surface area (Å²) in [5, 5.41) is 12.8. The molecule has 0 spiro atoms. The number of carbonyl (C=O) groups excluding carboxylic acids is 1. The molecule has 0 fully saturated rings. The van der Waals surface area contributed by atoms with Crippen LogP contribution in [0.5, 0.6) is 5.75 Å². The highest BCUT2D eigenvalue weighted by molar-refractivity contribution is 9.10. The lowest BCUT2D eigenvalue weighted by molar-refractivity contribution is -0.112. The highest BCUT2D eigenvalue weighted by atomic mass is 79.9. The number of hydrogen-bond donors (Lipinski definition) is 1. The summed E-state index contributed by atoms with van der Waals surface area (Å²) in [6.45, 7) is 4.16. The second-order valence-corrected chi connectivity index (χ2v) is 8.90. The number of rotatable bonds is 6. The summed E-state index contributed by atoms with van der Waals surface area (Å²) in [7, 11) is 0. The van der Waals surface area contributed by atoms with E-state index in [0.717, 1.165) is 21.2 Å². The molecule has 0 saturated carbocycles. The molecular weight excluding hydrogens is 511 g/mol. The molecule has 0 aliphatic carbocycles. The number of nitriles is 1. The third-order valence-electron chi connectivity index (χ3n) is 4.62. The number of nitrogens with one attached hydrogen (secondary N) is 1. The van der Waals surface area contributed by atoms with Gasteiger partial charge in [0.25, 0.3) is 5.91 Å². The van der Waals surface area contributed by atoms with Crippen molar-refractivity contribution in [3.63, 3.8) is 0 Å². The summed E-state index contributed by atoms with van der Waals surface area (Å²) in [6.07, 6.45) is 1.44. The molecule has 0 saturated heterocycles. The van der Waals surface area contributed by atoms with E-state index >= 15 is 0 Å². The second-order valence-electron chi connectivity index (χ2n) is 7.17. The fourth-order valence-corrected chi connectivity index (χ4v) is 3.87. The zero-order chi connectivity index (χ0) is 23.3. The molecule has 0 aliphatic rings. The predicted octanol–water partition coefficient (Wildman–Crippen LogP) is 7.50. The van der Waals surface area contributed by atoms with Gasteiger partial charge in [0.2, 0.25) is 0 Å². The third-order valence-corrected chi connectivity index (χ3v) is 5.71. The SMILES string of the molecule is Cc1ccc(NC(=O)/C(C#N)=C/c2cc(Cl)c(OCc3ccc(Br)cc3)c(Cl)c2)c(C)c1. The predicted molar refractivity (Wildman–Crippen MR) is 133 cm³/mol. The van der Waals surface area contributed by atoms with E-state index in [1.54, 1.807) is 12.1 Å². The lowest BCUT2D eigenvalue weighted by atomic mass is 10.1. The van der Waals surface area contributed by atoms with Gasteiger partial charge >= 0.3 is 0 Å². The first-order valence-electron chi connectivity index (χ1n) is 9.63. The Bertz CT molecular complexity index is 1210. The van der Waals surface area contributed by atoms with Crippen molar-refractivity contribution in [1.29, 1.82) is 5.26 Å². The van der Waals surface area contributed by atoms with Gasteiger partial charge in [-0.1, -0.05) is 69.0 Å². The van der Waals surface area contributed by atoms with Crippen LogP contribution in [0.1, 0.15) is 22.3 Å². The van der Waals surface area contributed by atoms with E-state index in [4.69, 9.17) is 27.9 Å². The van der Waals surface area contributed by atoms with Gasteiger partial charge in [0.15, 0.2) is 5.75 Å². The van der Waals surface area contributed by atoms with Gasteiger partial charge in [0, 0.05) is 10.2 Å². The lowest BCUT2D eigenvalue weighted by Crippen LogP contribution is -2.14. The number of nitrogens with zero attached hydrogens (tertiary/aromatic N) is 1. The minimum Gasteiger partial charge on any atom is -0.486 e. The molecule has 3 rings (SSSR count). The fraction of sp³-hybridized carbons (Fsp3) is 0.120. The van der Waals surface area contributed by atoms with E-state index in [9.17, 15) is 10.1 Å². The van der Waals surface area contributed by atoms with Crippen LogP contribution in [0.15, 0.2) is 64.6 Å². The molecule has 3 aromatic rings. The lowest BCUT2D eigenvalue weighted by Gasteiger charge is -2.12. The topological polar surface area (TPSA) is 62.1 Å². The first-order valence-corrected chi connectivity index (χ1v) is 11.2. The number of hydrogen-bond acceptors (Lipinski definition) is 3. The molecule has 0 aliphatic heterocycles. The van der Waals surface area contributed by atoms with Crippen molar-refractivity contribution in [2.45, 2.75) is 20.5 Å². The summed E-state index contributed by atoms with van der Waals surface area (Å²) in [5.41, 5.74) is 4.05. The van der Waals surface area contributed by atoms with Gasteiger partial charge in [-0.2, -0.15) is 5.26 Å². The van der Waals surface area contributed by atoms with Crippen molar-refractivity contribution >= 4 is 56.8 Å². The van der Waals surface area contributed by atoms with Crippen molar-refractivity contribution in [3.8, 4) is 11.8 Å². The van der Waals surface area contributed by atoms with Crippen LogP contribution in [0, 0.1) is 25.2 Å². The van der Waals surface area contributed by atoms with Crippen LogP contribution in [-0.4, -0.2) is 5.91 Å². The molecule has 7 heteroatoms. The molecule has 0 bridgehead atoms. The zero-order valence-corrected chi connectivity index (χ0v) is 20.5. The molecule has 0 heterocycles. The fourth-order valence-electron chi connectivity index (χ4n) is 3.00. The maximum Gasteiger partial charge on any atom is 0.266 e. The van der Waals surface area contributed by atoms with Crippen molar-refractivity contribution in [2.24, 2.45) is 0 Å². The Balaban J connectivity index is 1.77. The van der Waals surface area contributed by atoms with Gasteiger partial charge in [-0.3, -0.25) is 4.79 Å². The largest absolute Gasteiger partial charge is 0.486 e. The average Bonchev–Trinajstić information content (AvgIpc) is 2.74. The van der Waals surface area contributed by atoms with Gasteiger partial charge < -0.3 is 10.1 Å². The number of halogens is 3. The minimum atomic E-state index is -0.512. The van der Waals surface area contributed by atoms with Gasteiger partial charge in [0.1, 0.15) is 18.2 Å². The molecule has 0 radical (unpaired) electrons. The smallest absolute Gasteiger partial charge is 0.266 e. The van der Waals surface area contributed by atoms with Crippen molar-refractivity contribution in [1.82, 2.24) is 0 Å². The van der Waals surface area contributed by atoms with E-state index in [2.05, 4.69) is 21.2 Å². The van der Waals surface area contributed by atoms with Gasteiger partial charge in [-0.25, -0.2) is 0 Å². The van der Waals surface area contributed by atoms with Crippen LogP contribution in [0.25, 0.3) is 6.08 Å². The highest BCUT2D eigenvalue weighted by Gasteiger charge is 2.14. The standard InChI is InChI=1S/C25H19BrCl2N2O2/c1-15-3-8-23(16(2)9-15)30-25(31)19(13-29)10-18-11-21(27)24(22(28)12-18)32-14-17-4-6-20(26)7-5-17/h3-12H,14H2,1-2H3,(H,30,31)/b19-10+. The zero-order valence-electron chi connectivity index (χ0n) is 17.4. The minimum absolute atomic E-state index is 0.0689. The van der Waals surface area contributed by atoms with Crippen molar-refractivity contribution in [2.75, 3.05) is 5.32 Å². The van der Waals surface area contributed by atoms with E-state index in [1.807, 2.05) is 62.4 Å². The average molecular weight is 530 g/mol. The molecular formula is C25H19BrCl2N2O2. The molecule has 162 valence electrons. The first-order chi connectivity index (χ1) is 15.3. The maximum atomic E-state index is 12.6. The van der Waals surface area contributed by atoms with E-state index in [1.165, 1.54) is 6.08 Å². The Morgan fingerprint density at radius 2 is 1.75 bits per heavy atom. The quantitative estimate of drug-likeness (QED) is 0.265. The van der Waals surface area contributed by atoms with Crippen LogP contribution in [0.3, 0.4) is 0 Å². The summed E-state index contributed by atoms with van der Waals surface area (Å²) in [5.74, 6) is -0.172. The summed E-state index contributed by atoms with van der Waals surface area (Å²) in [4.78, 5) is 12.6. The number of benzene rings is 3. The number of amides is 1. The number of carbonyl (C=O) groups is 1.